The summed E-state index contributed by atoms with van der Waals surface area (Å²) in [5, 5.41) is 13.3. The number of para-hydroxylation sites is 1. The van der Waals surface area contributed by atoms with Crippen molar-refractivity contribution < 1.29 is 24.2 Å². The van der Waals surface area contributed by atoms with Crippen LogP contribution in [0.25, 0.3) is 0 Å². The molecule has 10 nitrogen and oxygen atoms in total. The first-order valence-electron chi connectivity index (χ1n) is 16.7. The minimum atomic E-state index is -0.947. The normalized spacial score (nSPS) is 20.8. The number of carbonyl (C=O) groups excluding carboxylic acids is 3. The van der Waals surface area contributed by atoms with Crippen LogP contribution in [0.15, 0.2) is 36.4 Å². The number of aryl methyl sites for hydroxylation is 2. The molecule has 3 fully saturated rings. The third-order valence-corrected chi connectivity index (χ3v) is 10.2. The lowest BCUT2D eigenvalue weighted by Crippen LogP contribution is -2.52. The summed E-state index contributed by atoms with van der Waals surface area (Å²) >= 11 is 0. The minimum Gasteiger partial charge on any atom is -0.507 e. The molecule has 6 rings (SSSR count). The van der Waals surface area contributed by atoms with Crippen LogP contribution in [0.5, 0.6) is 5.75 Å². The van der Waals surface area contributed by atoms with E-state index in [-0.39, 0.29) is 30.2 Å². The topological polar surface area (TPSA) is 106 Å². The Morgan fingerprint density at radius 2 is 1.51 bits per heavy atom. The van der Waals surface area contributed by atoms with E-state index >= 15 is 0 Å². The van der Waals surface area contributed by atoms with E-state index in [1.165, 1.54) is 12.8 Å². The number of anilines is 1. The van der Waals surface area contributed by atoms with Crippen molar-refractivity contribution in [2.24, 2.45) is 0 Å². The molecule has 2 N–H and O–H groups in total. The molecular weight excluding hydrogens is 570 g/mol. The Bertz CT molecular complexity index is 1370. The number of phenols is 1. The van der Waals surface area contributed by atoms with Crippen LogP contribution in [0.1, 0.15) is 60.8 Å². The lowest BCUT2D eigenvalue weighted by molar-refractivity contribution is -0.142. The van der Waals surface area contributed by atoms with Gasteiger partial charge in [-0.25, -0.2) is 9.59 Å². The molecule has 0 spiro atoms. The number of urea groups is 1. The Morgan fingerprint density at radius 1 is 0.889 bits per heavy atom. The number of phenolic OH excluding ortho intramolecular Hbond substituents is 1. The third kappa shape index (κ3) is 7.06. The van der Waals surface area contributed by atoms with Crippen molar-refractivity contribution in [3.63, 3.8) is 0 Å². The van der Waals surface area contributed by atoms with Crippen LogP contribution in [0, 0.1) is 13.8 Å². The van der Waals surface area contributed by atoms with Gasteiger partial charge in [-0.2, -0.15) is 0 Å². The molecule has 4 aliphatic rings. The summed E-state index contributed by atoms with van der Waals surface area (Å²) in [6.45, 7) is 8.84. The van der Waals surface area contributed by atoms with Gasteiger partial charge in [0.15, 0.2) is 6.10 Å². The molecule has 3 saturated heterocycles. The van der Waals surface area contributed by atoms with Gasteiger partial charge in [0.05, 0.1) is 0 Å². The molecule has 45 heavy (non-hydrogen) atoms. The number of amides is 4. The molecule has 0 aromatic heterocycles. The van der Waals surface area contributed by atoms with Crippen LogP contribution in [-0.4, -0.2) is 107 Å². The van der Waals surface area contributed by atoms with Crippen LogP contribution in [0.4, 0.5) is 15.3 Å². The molecule has 0 bridgehead atoms. The Morgan fingerprint density at radius 3 is 2.20 bits per heavy atom. The zero-order chi connectivity index (χ0) is 31.5. The number of nitrogens with one attached hydrogen (secondary N) is 1. The minimum absolute atomic E-state index is 0.0284. The maximum atomic E-state index is 13.9. The summed E-state index contributed by atoms with van der Waals surface area (Å²) in [6, 6.07) is 12.1. The molecule has 4 heterocycles. The summed E-state index contributed by atoms with van der Waals surface area (Å²) in [6.07, 6.45) is 5.28. The number of hydrogen-bond donors (Lipinski definition) is 2. The first-order valence-corrected chi connectivity index (χ1v) is 16.7. The second-order valence-electron chi connectivity index (χ2n) is 13.2. The lowest BCUT2D eigenvalue weighted by atomic mass is 9.99. The van der Waals surface area contributed by atoms with Gasteiger partial charge in [-0.05, 0) is 100 Å². The van der Waals surface area contributed by atoms with E-state index in [0.29, 0.717) is 51.6 Å². The highest BCUT2D eigenvalue weighted by Crippen LogP contribution is 2.28. The molecule has 2 aromatic carbocycles. The molecule has 4 aliphatic heterocycles. The van der Waals surface area contributed by atoms with Gasteiger partial charge in [0.1, 0.15) is 5.75 Å². The lowest BCUT2D eigenvalue weighted by Gasteiger charge is -2.39. The maximum absolute atomic E-state index is 13.9. The van der Waals surface area contributed by atoms with Crippen molar-refractivity contribution in [3.05, 3.63) is 58.7 Å². The van der Waals surface area contributed by atoms with Crippen molar-refractivity contribution >= 4 is 23.7 Å². The smallest absolute Gasteiger partial charge is 0.410 e. The molecule has 2 aromatic rings. The molecule has 1 atom stereocenters. The fourth-order valence-electron chi connectivity index (χ4n) is 7.61. The predicted molar refractivity (Wildman–Crippen MR) is 172 cm³/mol. The highest BCUT2D eigenvalue weighted by Gasteiger charge is 2.36. The fraction of sp³-hybridized carbons (Fsp3) is 0.571. The number of rotatable bonds is 6. The SMILES string of the molecule is Cc1cc(C[C@@H](OC(=O)N2CCC(N3CCc4ccccc4NC3=O)CC2)C(=O)N2CCC(N3CCCC3)CC2)cc(C)c1O. The number of ether oxygens (including phenoxy) is 1. The standard InChI is InChI=1S/C35H47N5O5/c1-24-21-26(22-25(2)32(24)41)23-31(33(42)38-16-10-28(11-17-38)37-14-5-6-15-37)45-35(44)39-18-12-29(13-19-39)40-20-9-27-7-3-4-8-30(27)36-34(40)43/h3-4,7-8,21-22,28-29,31,41H,5-6,9-20,23H2,1-2H3,(H,36,43)/t31-/m1/s1. The van der Waals surface area contributed by atoms with E-state index in [1.54, 1.807) is 4.90 Å². The molecule has 4 amide bonds. The number of aromatic hydroxyl groups is 1. The number of carbonyl (C=O) groups is 3. The number of nitrogens with zero attached hydrogens (tertiary/aromatic N) is 4. The maximum Gasteiger partial charge on any atom is 0.410 e. The predicted octanol–water partition coefficient (Wildman–Crippen LogP) is 4.70. The highest BCUT2D eigenvalue weighted by atomic mass is 16.6. The molecule has 0 aliphatic carbocycles. The zero-order valence-electron chi connectivity index (χ0n) is 26.7. The Balaban J connectivity index is 1.09. The van der Waals surface area contributed by atoms with Gasteiger partial charge in [-0.15, -0.1) is 0 Å². The van der Waals surface area contributed by atoms with Crippen molar-refractivity contribution in [1.82, 2.24) is 19.6 Å². The van der Waals surface area contributed by atoms with Gasteiger partial charge in [-0.3, -0.25) is 4.79 Å². The molecule has 0 unspecified atom stereocenters. The average Bonchev–Trinajstić information content (AvgIpc) is 3.53. The van der Waals surface area contributed by atoms with Crippen LogP contribution >= 0.6 is 0 Å². The Kier molecular flexibility index (Phi) is 9.49. The first-order chi connectivity index (χ1) is 21.8. The largest absolute Gasteiger partial charge is 0.507 e. The third-order valence-electron chi connectivity index (χ3n) is 10.2. The number of hydrogen-bond acceptors (Lipinski definition) is 6. The second-order valence-corrected chi connectivity index (χ2v) is 13.2. The summed E-state index contributed by atoms with van der Waals surface area (Å²) in [4.78, 5) is 48.5. The number of fused-ring (bicyclic) bond motifs is 1. The highest BCUT2D eigenvalue weighted by molar-refractivity contribution is 5.91. The number of likely N-dealkylation sites (tertiary alicyclic amines) is 3. The van der Waals surface area contributed by atoms with Gasteiger partial charge in [0, 0.05) is 56.9 Å². The van der Waals surface area contributed by atoms with Crippen molar-refractivity contribution in [2.45, 2.75) is 83.4 Å². The molecule has 242 valence electrons. The van der Waals surface area contributed by atoms with E-state index in [9.17, 15) is 19.5 Å². The van der Waals surface area contributed by atoms with Crippen molar-refractivity contribution in [1.29, 1.82) is 0 Å². The van der Waals surface area contributed by atoms with Crippen molar-refractivity contribution in [2.75, 3.05) is 51.1 Å². The van der Waals surface area contributed by atoms with Crippen LogP contribution in [0.3, 0.4) is 0 Å². The Labute approximate surface area is 266 Å². The van der Waals surface area contributed by atoms with Gasteiger partial charge in [0.25, 0.3) is 5.91 Å². The van der Waals surface area contributed by atoms with Gasteiger partial charge < -0.3 is 34.8 Å². The van der Waals surface area contributed by atoms with Crippen LogP contribution in [-0.2, 0) is 22.4 Å². The fourth-order valence-corrected chi connectivity index (χ4v) is 7.61. The van der Waals surface area contributed by atoms with E-state index < -0.39 is 12.2 Å². The molecule has 0 saturated carbocycles. The van der Waals surface area contributed by atoms with Crippen LogP contribution < -0.4 is 5.32 Å². The van der Waals surface area contributed by atoms with E-state index in [0.717, 1.165) is 60.3 Å². The van der Waals surface area contributed by atoms with E-state index in [1.807, 2.05) is 60.0 Å². The monoisotopic (exact) mass is 617 g/mol. The van der Waals surface area contributed by atoms with Gasteiger partial charge >= 0.3 is 12.1 Å². The van der Waals surface area contributed by atoms with Crippen LogP contribution in [0.2, 0.25) is 0 Å². The van der Waals surface area contributed by atoms with Gasteiger partial charge in [-0.1, -0.05) is 30.3 Å². The van der Waals surface area contributed by atoms with Crippen molar-refractivity contribution in [3.8, 4) is 5.75 Å². The van der Waals surface area contributed by atoms with E-state index in [2.05, 4.69) is 10.2 Å². The molecule has 10 heteroatoms. The first kappa shape index (κ1) is 31.2. The zero-order valence-corrected chi connectivity index (χ0v) is 26.7. The molecule has 0 radical (unpaired) electrons. The second kappa shape index (κ2) is 13.7. The number of benzene rings is 2. The van der Waals surface area contributed by atoms with Gasteiger partial charge in [0.2, 0.25) is 0 Å². The summed E-state index contributed by atoms with van der Waals surface area (Å²) < 4.78 is 6.04. The Hall–Kier alpha value is -3.79. The number of piperidine rings is 2. The average molecular weight is 618 g/mol. The summed E-state index contributed by atoms with van der Waals surface area (Å²) in [7, 11) is 0. The van der Waals surface area contributed by atoms with E-state index in [4.69, 9.17) is 4.74 Å². The summed E-state index contributed by atoms with van der Waals surface area (Å²) in [5.74, 6) is 0.0924. The quantitative estimate of drug-likeness (QED) is 0.487. The molecular formula is C35H47N5O5. The summed E-state index contributed by atoms with van der Waals surface area (Å²) in [5.41, 5.74) is 4.31.